The van der Waals surface area contributed by atoms with Crippen molar-refractivity contribution < 1.29 is 14.5 Å². The van der Waals surface area contributed by atoms with Gasteiger partial charge >= 0.3 is 11.7 Å². The number of benzene rings is 1. The molecular formula is C15H15N3O6. The van der Waals surface area contributed by atoms with Crippen molar-refractivity contribution in [3.8, 4) is 0 Å². The largest absolute Gasteiger partial charge is 0.459 e. The second-order valence-corrected chi connectivity index (χ2v) is 5.10. The van der Waals surface area contributed by atoms with Gasteiger partial charge in [0.2, 0.25) is 0 Å². The summed E-state index contributed by atoms with van der Waals surface area (Å²) in [6.45, 7) is -0.277. The zero-order valence-electron chi connectivity index (χ0n) is 13.1. The molecule has 1 aromatic carbocycles. The van der Waals surface area contributed by atoms with Crippen LogP contribution in [0, 0.1) is 10.1 Å². The molecule has 126 valence electrons. The molecule has 0 aliphatic heterocycles. The van der Waals surface area contributed by atoms with Crippen LogP contribution >= 0.6 is 0 Å². The summed E-state index contributed by atoms with van der Waals surface area (Å²) < 4.78 is 7.15. The maximum atomic E-state index is 11.9. The zero-order chi connectivity index (χ0) is 17.9. The number of aromatic nitrogens is 2. The Morgan fingerprint density at radius 2 is 1.88 bits per heavy atom. The van der Waals surface area contributed by atoms with E-state index in [0.717, 1.165) is 4.57 Å². The first-order valence-corrected chi connectivity index (χ1v) is 6.95. The second kappa shape index (κ2) is 6.90. The number of carbonyl (C=O) groups excluding carboxylic acids is 1. The lowest BCUT2D eigenvalue weighted by Crippen LogP contribution is -2.38. The smallest absolute Gasteiger partial charge is 0.330 e. The van der Waals surface area contributed by atoms with E-state index in [1.165, 1.54) is 42.9 Å². The second-order valence-electron chi connectivity index (χ2n) is 5.10. The highest BCUT2D eigenvalue weighted by Crippen LogP contribution is 2.18. The fourth-order valence-electron chi connectivity index (χ4n) is 2.12. The Morgan fingerprint density at radius 3 is 2.54 bits per heavy atom. The summed E-state index contributed by atoms with van der Waals surface area (Å²) in [6, 6.07) is 7.04. The van der Waals surface area contributed by atoms with Crippen LogP contribution in [0.25, 0.3) is 0 Å². The highest BCUT2D eigenvalue weighted by atomic mass is 16.6. The van der Waals surface area contributed by atoms with Crippen molar-refractivity contribution in [2.75, 3.05) is 0 Å². The van der Waals surface area contributed by atoms with Gasteiger partial charge in [0.25, 0.3) is 11.2 Å². The zero-order valence-corrected chi connectivity index (χ0v) is 13.1. The Labute approximate surface area is 135 Å². The molecule has 0 aliphatic carbocycles. The minimum absolute atomic E-state index is 0.171. The van der Waals surface area contributed by atoms with Crippen molar-refractivity contribution >= 4 is 11.7 Å². The molecule has 0 aliphatic rings. The van der Waals surface area contributed by atoms with Gasteiger partial charge in [-0.1, -0.05) is 18.2 Å². The van der Waals surface area contributed by atoms with Gasteiger partial charge in [0.15, 0.2) is 0 Å². The Morgan fingerprint density at radius 1 is 1.21 bits per heavy atom. The molecular weight excluding hydrogens is 318 g/mol. The fraction of sp³-hybridized carbons (Fsp3) is 0.267. The molecule has 0 saturated carbocycles. The number of hydrogen-bond donors (Lipinski definition) is 0. The van der Waals surface area contributed by atoms with Crippen LogP contribution in [-0.4, -0.2) is 20.0 Å². The first-order chi connectivity index (χ1) is 11.3. The molecule has 24 heavy (non-hydrogen) atoms. The lowest BCUT2D eigenvalue weighted by Gasteiger charge is -2.10. The Hall–Kier alpha value is -3.23. The predicted molar refractivity (Wildman–Crippen MR) is 83.5 cm³/mol. The number of esters is 1. The monoisotopic (exact) mass is 333 g/mol. The van der Waals surface area contributed by atoms with E-state index in [9.17, 15) is 24.5 Å². The molecule has 0 unspecified atom stereocenters. The molecule has 0 amide bonds. The first kappa shape index (κ1) is 17.1. The molecule has 0 fully saturated rings. The maximum absolute atomic E-state index is 11.9. The van der Waals surface area contributed by atoms with E-state index in [1.54, 1.807) is 6.07 Å². The lowest BCUT2D eigenvalue weighted by atomic mass is 10.1. The summed E-state index contributed by atoms with van der Waals surface area (Å²) in [5.74, 6) is -0.697. The predicted octanol–water partition coefficient (Wildman–Crippen LogP) is 0.278. The molecule has 2 rings (SSSR count). The molecule has 0 radical (unpaired) electrons. The van der Waals surface area contributed by atoms with E-state index in [0.29, 0.717) is 0 Å². The van der Waals surface area contributed by atoms with Gasteiger partial charge in [-0.05, 0) is 0 Å². The van der Waals surface area contributed by atoms with Crippen LogP contribution in [0.5, 0.6) is 0 Å². The van der Waals surface area contributed by atoms with Crippen LogP contribution in [0.1, 0.15) is 11.3 Å². The van der Waals surface area contributed by atoms with Gasteiger partial charge in [0.05, 0.1) is 17.0 Å². The molecule has 0 N–H and O–H groups in total. The number of carbonyl (C=O) groups is 1. The highest BCUT2D eigenvalue weighted by molar-refractivity contribution is 5.74. The highest BCUT2D eigenvalue weighted by Gasteiger charge is 2.17. The number of nitro benzene ring substituents is 1. The number of nitrogens with zero attached hydrogens (tertiary/aromatic N) is 3. The average Bonchev–Trinajstić information content (AvgIpc) is 2.55. The van der Waals surface area contributed by atoms with E-state index in [-0.39, 0.29) is 30.0 Å². The van der Waals surface area contributed by atoms with Gasteiger partial charge in [0, 0.05) is 31.8 Å². The molecule has 2 aromatic rings. The summed E-state index contributed by atoms with van der Waals surface area (Å²) >= 11 is 0. The van der Waals surface area contributed by atoms with Crippen molar-refractivity contribution in [2.24, 2.45) is 14.1 Å². The van der Waals surface area contributed by atoms with Gasteiger partial charge in [0.1, 0.15) is 6.61 Å². The number of para-hydroxylation sites is 1. The van der Waals surface area contributed by atoms with E-state index in [1.807, 2.05) is 0 Å². The molecule has 1 heterocycles. The van der Waals surface area contributed by atoms with Crippen LogP contribution in [0.15, 0.2) is 39.9 Å². The van der Waals surface area contributed by atoms with Crippen molar-refractivity contribution in [3.63, 3.8) is 0 Å². The topological polar surface area (TPSA) is 113 Å². The summed E-state index contributed by atoms with van der Waals surface area (Å²) in [5, 5.41) is 10.9. The average molecular weight is 333 g/mol. The maximum Gasteiger partial charge on any atom is 0.330 e. The van der Waals surface area contributed by atoms with E-state index in [4.69, 9.17) is 4.74 Å². The van der Waals surface area contributed by atoms with Gasteiger partial charge < -0.3 is 4.74 Å². The molecule has 0 bridgehead atoms. The fourth-order valence-corrected chi connectivity index (χ4v) is 2.12. The van der Waals surface area contributed by atoms with E-state index < -0.39 is 22.1 Å². The van der Waals surface area contributed by atoms with E-state index >= 15 is 0 Å². The van der Waals surface area contributed by atoms with Gasteiger partial charge in [-0.25, -0.2) is 4.79 Å². The molecule has 0 spiro atoms. The standard InChI is InChI=1S/C15H15N3O6/c1-16-11(8-13(19)17(2)15(16)21)9-24-14(20)7-10-5-3-4-6-12(10)18(22)23/h3-6,8H,7,9H2,1-2H3. The molecule has 0 saturated heterocycles. The number of nitro groups is 1. The van der Waals surface area contributed by atoms with Gasteiger partial charge in [-0.2, -0.15) is 0 Å². The van der Waals surface area contributed by atoms with Crippen molar-refractivity contribution in [2.45, 2.75) is 13.0 Å². The Kier molecular flexibility index (Phi) is 4.93. The first-order valence-electron chi connectivity index (χ1n) is 6.95. The number of hydrogen-bond acceptors (Lipinski definition) is 6. The third kappa shape index (κ3) is 3.57. The van der Waals surface area contributed by atoms with Gasteiger partial charge in [-0.15, -0.1) is 0 Å². The molecule has 9 heteroatoms. The molecule has 0 atom stereocenters. The van der Waals surface area contributed by atoms with Crippen LogP contribution in [0.4, 0.5) is 5.69 Å². The van der Waals surface area contributed by atoms with Crippen molar-refractivity contribution in [3.05, 3.63) is 72.5 Å². The number of rotatable bonds is 5. The summed E-state index contributed by atoms with van der Waals surface area (Å²) in [6.07, 6.45) is -0.282. The third-order valence-electron chi connectivity index (χ3n) is 3.53. The van der Waals surface area contributed by atoms with Crippen molar-refractivity contribution in [1.82, 2.24) is 9.13 Å². The van der Waals surface area contributed by atoms with Gasteiger partial charge in [-0.3, -0.25) is 28.8 Å². The summed E-state index contributed by atoms with van der Waals surface area (Å²) in [4.78, 5) is 45.6. The van der Waals surface area contributed by atoms with E-state index in [2.05, 4.69) is 0 Å². The Balaban J connectivity index is 2.12. The quantitative estimate of drug-likeness (QED) is 0.441. The van der Waals surface area contributed by atoms with Crippen molar-refractivity contribution in [1.29, 1.82) is 0 Å². The van der Waals surface area contributed by atoms with Crippen LogP contribution < -0.4 is 11.2 Å². The molecule has 1 aromatic heterocycles. The normalized spacial score (nSPS) is 10.4. The SMILES string of the molecule is Cn1c(COC(=O)Cc2ccccc2[N+](=O)[O-])cc(=O)n(C)c1=O. The minimum atomic E-state index is -0.697. The number of ether oxygens (including phenoxy) is 1. The summed E-state index contributed by atoms with van der Waals surface area (Å²) in [5.41, 5.74) is -0.755. The molecule has 9 nitrogen and oxygen atoms in total. The Bertz CT molecular complexity index is 912. The van der Waals surface area contributed by atoms with Crippen LogP contribution in [-0.2, 0) is 36.7 Å². The minimum Gasteiger partial charge on any atom is -0.459 e. The lowest BCUT2D eigenvalue weighted by molar-refractivity contribution is -0.385. The summed E-state index contributed by atoms with van der Waals surface area (Å²) in [7, 11) is 2.79. The third-order valence-corrected chi connectivity index (χ3v) is 3.53. The van der Waals surface area contributed by atoms with Crippen LogP contribution in [0.2, 0.25) is 0 Å². The van der Waals surface area contributed by atoms with Crippen LogP contribution in [0.3, 0.4) is 0 Å².